The molecule has 0 aromatic heterocycles. The average Bonchev–Trinajstić information content (AvgIpc) is 2.61. The van der Waals surface area contributed by atoms with Crippen LogP contribution in [0.3, 0.4) is 0 Å². The molecule has 0 saturated heterocycles. The minimum atomic E-state index is -0.351. The Labute approximate surface area is 80.4 Å². The molecule has 0 fully saturated rings. The Kier molecular flexibility index (Phi) is 2.35. The highest BCUT2D eigenvalue weighted by Crippen LogP contribution is 2.34. The van der Waals surface area contributed by atoms with E-state index in [4.69, 9.17) is 9.47 Å². The molecule has 4 heteroatoms. The molecule has 1 aliphatic heterocycles. The van der Waals surface area contributed by atoms with Gasteiger partial charge < -0.3 is 14.3 Å². The molecule has 0 N–H and O–H groups in total. The van der Waals surface area contributed by atoms with Gasteiger partial charge in [0.25, 0.3) is 0 Å². The quantitative estimate of drug-likeness (QED) is 0.690. The molecular weight excluding hydrogens is 187 g/mol. The molecule has 0 atom stereocenters. The summed E-state index contributed by atoms with van der Waals surface area (Å²) < 4.78 is 23.4. The lowest BCUT2D eigenvalue weighted by molar-refractivity contribution is -0.107. The van der Waals surface area contributed by atoms with Gasteiger partial charge in [0, 0.05) is 12.5 Å². The van der Waals surface area contributed by atoms with E-state index in [1.165, 1.54) is 6.07 Å². The van der Waals surface area contributed by atoms with Crippen LogP contribution in [0.25, 0.3) is 0 Å². The van der Waals surface area contributed by atoms with Crippen molar-refractivity contribution in [2.75, 3.05) is 6.79 Å². The lowest BCUT2D eigenvalue weighted by Gasteiger charge is -2.02. The molecule has 0 aliphatic carbocycles. The predicted molar refractivity (Wildman–Crippen MR) is 46.9 cm³/mol. The number of fused-ring (bicyclic) bond motifs is 1. The standard InChI is InChI=1S/C10H9FO3/c11-8-5-10-9(13-6-14-10)4-7(8)2-1-3-12/h3-5H,1-2,6H2. The molecular formula is C10H9FO3. The van der Waals surface area contributed by atoms with Crippen LogP contribution in [0.5, 0.6) is 11.5 Å². The van der Waals surface area contributed by atoms with Gasteiger partial charge >= 0.3 is 0 Å². The summed E-state index contributed by atoms with van der Waals surface area (Å²) in [5.74, 6) is 0.626. The van der Waals surface area contributed by atoms with Crippen LogP contribution in [0.15, 0.2) is 12.1 Å². The van der Waals surface area contributed by atoms with Crippen LogP contribution in [-0.2, 0) is 11.2 Å². The number of halogens is 1. The third-order valence-electron chi connectivity index (χ3n) is 2.07. The number of hydrogen-bond donors (Lipinski definition) is 0. The maximum Gasteiger partial charge on any atom is 0.231 e. The fourth-order valence-electron chi connectivity index (χ4n) is 1.37. The van der Waals surface area contributed by atoms with Gasteiger partial charge in [-0.15, -0.1) is 0 Å². The summed E-state index contributed by atoms with van der Waals surface area (Å²) in [6.07, 6.45) is 1.48. The second kappa shape index (κ2) is 3.65. The van der Waals surface area contributed by atoms with Crippen LogP contribution in [0, 0.1) is 5.82 Å². The summed E-state index contributed by atoms with van der Waals surface area (Å²) in [7, 11) is 0. The molecule has 14 heavy (non-hydrogen) atoms. The Morgan fingerprint density at radius 3 is 2.79 bits per heavy atom. The summed E-state index contributed by atoms with van der Waals surface area (Å²) in [6.45, 7) is 0.131. The molecule has 0 amide bonds. The Hall–Kier alpha value is -1.58. The molecule has 1 aliphatic rings. The van der Waals surface area contributed by atoms with Gasteiger partial charge in [0.2, 0.25) is 6.79 Å². The first kappa shape index (κ1) is 8.99. The van der Waals surface area contributed by atoms with E-state index in [9.17, 15) is 9.18 Å². The van der Waals surface area contributed by atoms with Crippen LogP contribution in [-0.4, -0.2) is 13.1 Å². The summed E-state index contributed by atoms with van der Waals surface area (Å²) in [4.78, 5) is 10.1. The van der Waals surface area contributed by atoms with Gasteiger partial charge in [0.1, 0.15) is 12.1 Å². The average molecular weight is 196 g/mol. The van der Waals surface area contributed by atoms with Gasteiger partial charge in [-0.25, -0.2) is 4.39 Å². The summed E-state index contributed by atoms with van der Waals surface area (Å²) in [5, 5.41) is 0. The van der Waals surface area contributed by atoms with Crippen molar-refractivity contribution >= 4 is 6.29 Å². The maximum absolute atomic E-state index is 13.3. The Bertz CT molecular complexity index is 363. The van der Waals surface area contributed by atoms with Gasteiger partial charge in [-0.05, 0) is 18.1 Å². The van der Waals surface area contributed by atoms with Crippen molar-refractivity contribution in [2.45, 2.75) is 12.8 Å². The number of benzene rings is 1. The van der Waals surface area contributed by atoms with Gasteiger partial charge in [-0.2, -0.15) is 0 Å². The first-order valence-corrected chi connectivity index (χ1v) is 4.33. The first-order valence-electron chi connectivity index (χ1n) is 4.33. The number of aryl methyl sites for hydroxylation is 1. The normalized spacial score (nSPS) is 12.9. The van der Waals surface area contributed by atoms with Gasteiger partial charge in [-0.3, -0.25) is 0 Å². The molecule has 1 aromatic carbocycles. The second-order valence-corrected chi connectivity index (χ2v) is 3.00. The lowest BCUT2D eigenvalue weighted by Crippen LogP contribution is -1.93. The van der Waals surface area contributed by atoms with Crippen molar-refractivity contribution < 1.29 is 18.7 Å². The van der Waals surface area contributed by atoms with Crippen molar-refractivity contribution in [1.29, 1.82) is 0 Å². The summed E-state index contributed by atoms with van der Waals surface area (Å²) in [6, 6.07) is 2.88. The minimum absolute atomic E-state index is 0.131. The van der Waals surface area contributed by atoms with Crippen LogP contribution in [0.1, 0.15) is 12.0 Å². The molecule has 1 aromatic rings. The van der Waals surface area contributed by atoms with E-state index < -0.39 is 0 Å². The van der Waals surface area contributed by atoms with Crippen molar-refractivity contribution in [1.82, 2.24) is 0 Å². The molecule has 0 bridgehead atoms. The van der Waals surface area contributed by atoms with E-state index >= 15 is 0 Å². The zero-order chi connectivity index (χ0) is 9.97. The first-order chi connectivity index (χ1) is 6.81. The van der Waals surface area contributed by atoms with E-state index in [-0.39, 0.29) is 12.6 Å². The van der Waals surface area contributed by atoms with Gasteiger partial charge in [0.05, 0.1) is 0 Å². The van der Waals surface area contributed by atoms with Crippen LogP contribution in [0.4, 0.5) is 4.39 Å². The van der Waals surface area contributed by atoms with Crippen molar-refractivity contribution in [3.05, 3.63) is 23.5 Å². The molecule has 0 saturated carbocycles. The van der Waals surface area contributed by atoms with Crippen molar-refractivity contribution in [3.63, 3.8) is 0 Å². The predicted octanol–water partition coefficient (Wildman–Crippen LogP) is 1.69. The Morgan fingerprint density at radius 1 is 1.36 bits per heavy atom. The molecule has 2 rings (SSSR count). The Balaban J connectivity index is 2.27. The van der Waals surface area contributed by atoms with Crippen molar-refractivity contribution in [3.8, 4) is 11.5 Å². The molecule has 0 radical (unpaired) electrons. The molecule has 0 unspecified atom stereocenters. The number of carbonyl (C=O) groups is 1. The number of hydrogen-bond acceptors (Lipinski definition) is 3. The van der Waals surface area contributed by atoms with E-state index in [0.717, 1.165) is 6.29 Å². The highest BCUT2D eigenvalue weighted by Gasteiger charge is 2.16. The molecule has 74 valence electrons. The molecule has 1 heterocycles. The zero-order valence-electron chi connectivity index (χ0n) is 7.46. The van der Waals surface area contributed by atoms with E-state index in [0.29, 0.717) is 29.9 Å². The lowest BCUT2D eigenvalue weighted by atomic mass is 10.1. The fourth-order valence-corrected chi connectivity index (χ4v) is 1.37. The van der Waals surface area contributed by atoms with Crippen molar-refractivity contribution in [2.24, 2.45) is 0 Å². The highest BCUT2D eigenvalue weighted by molar-refractivity contribution is 5.51. The SMILES string of the molecule is O=CCCc1cc2c(cc1F)OCO2. The van der Waals surface area contributed by atoms with Crippen LogP contribution in [0.2, 0.25) is 0 Å². The van der Waals surface area contributed by atoms with E-state index in [2.05, 4.69) is 0 Å². The fraction of sp³-hybridized carbons (Fsp3) is 0.300. The third kappa shape index (κ3) is 1.55. The summed E-state index contributed by atoms with van der Waals surface area (Å²) in [5.41, 5.74) is 0.487. The molecule has 0 spiro atoms. The van der Waals surface area contributed by atoms with Crippen LogP contribution >= 0.6 is 0 Å². The zero-order valence-corrected chi connectivity index (χ0v) is 7.46. The summed E-state index contributed by atoms with van der Waals surface area (Å²) >= 11 is 0. The van der Waals surface area contributed by atoms with E-state index in [1.807, 2.05) is 0 Å². The maximum atomic E-state index is 13.3. The number of aldehydes is 1. The second-order valence-electron chi connectivity index (χ2n) is 3.00. The largest absolute Gasteiger partial charge is 0.454 e. The molecule has 3 nitrogen and oxygen atoms in total. The van der Waals surface area contributed by atoms with Crippen LogP contribution < -0.4 is 9.47 Å². The minimum Gasteiger partial charge on any atom is -0.454 e. The number of rotatable bonds is 3. The monoisotopic (exact) mass is 196 g/mol. The highest BCUT2D eigenvalue weighted by atomic mass is 19.1. The van der Waals surface area contributed by atoms with Gasteiger partial charge in [0.15, 0.2) is 11.5 Å². The topological polar surface area (TPSA) is 35.5 Å². The Morgan fingerprint density at radius 2 is 2.07 bits per heavy atom. The number of ether oxygens (including phenoxy) is 2. The number of carbonyl (C=O) groups excluding carboxylic acids is 1. The van der Waals surface area contributed by atoms with Gasteiger partial charge in [-0.1, -0.05) is 0 Å². The third-order valence-corrected chi connectivity index (χ3v) is 2.07. The van der Waals surface area contributed by atoms with E-state index in [1.54, 1.807) is 6.07 Å². The smallest absolute Gasteiger partial charge is 0.231 e.